The summed E-state index contributed by atoms with van der Waals surface area (Å²) in [6, 6.07) is 1.90. The molecule has 1 saturated heterocycles. The molecule has 0 radical (unpaired) electrons. The van der Waals surface area contributed by atoms with Crippen molar-refractivity contribution in [3.8, 4) is 0 Å². The van der Waals surface area contributed by atoms with Crippen LogP contribution in [0.4, 0.5) is 16.8 Å². The number of thiazole rings is 1. The highest BCUT2D eigenvalue weighted by Gasteiger charge is 2.18. The number of rotatable bonds is 9. The number of nitrogens with one attached hydrogen (secondary N) is 2. The van der Waals surface area contributed by atoms with Crippen LogP contribution in [-0.2, 0) is 0 Å². The van der Waals surface area contributed by atoms with Gasteiger partial charge in [0.05, 0.1) is 28.4 Å². The number of piperazine rings is 1. The first-order chi connectivity index (χ1) is 16.3. The third-order valence-electron chi connectivity index (χ3n) is 4.91. The Morgan fingerprint density at radius 1 is 1.32 bits per heavy atom. The zero-order chi connectivity index (χ0) is 25.1. The highest BCUT2D eigenvalue weighted by atomic mass is 35.5. The zero-order valence-corrected chi connectivity index (χ0v) is 21.4. The molecular weight excluding hydrogens is 474 g/mol. The van der Waals surface area contributed by atoms with Gasteiger partial charge in [-0.25, -0.2) is 15.0 Å². The lowest BCUT2D eigenvalue weighted by Crippen LogP contribution is -2.47. The quantitative estimate of drug-likeness (QED) is 0.349. The number of aryl methyl sites for hydroxylation is 1. The number of hydrogen-bond acceptors (Lipinski definition) is 10. The molecule has 0 saturated carbocycles. The predicted octanol–water partition coefficient (Wildman–Crippen LogP) is 3.33. The van der Waals surface area contributed by atoms with Gasteiger partial charge in [-0.1, -0.05) is 36.1 Å². The van der Waals surface area contributed by atoms with E-state index in [-0.39, 0.29) is 6.61 Å². The number of anilines is 3. The van der Waals surface area contributed by atoms with Crippen molar-refractivity contribution < 1.29 is 9.90 Å². The standard InChI is InChI=1S/C15H20N6O2S.C8H12ClN/c1-11-17-13(19-15-16-9-12(10-23)24-15)8-14(18-11)21-4-2-20(3-5-21)6-7-22;1-5-7(9)8(10-4)6(2)3/h8-10,22H,2-7H2,1H3,(H,16,17,18,19);5,10H,1-2H2,3-4H3/b;8-7-. The van der Waals surface area contributed by atoms with Crippen LogP contribution in [0.1, 0.15) is 22.4 Å². The van der Waals surface area contributed by atoms with Crippen LogP contribution in [0.15, 0.2) is 47.8 Å². The number of carbonyl (C=O) groups excluding carboxylic acids is 1. The first-order valence-electron chi connectivity index (χ1n) is 10.8. The molecule has 1 fully saturated rings. The largest absolute Gasteiger partial charge is 0.395 e. The minimum absolute atomic E-state index is 0.192. The van der Waals surface area contributed by atoms with Gasteiger partial charge in [0.2, 0.25) is 0 Å². The van der Waals surface area contributed by atoms with Crippen LogP contribution in [0.3, 0.4) is 0 Å². The molecule has 0 spiro atoms. The molecule has 0 unspecified atom stereocenters. The summed E-state index contributed by atoms with van der Waals surface area (Å²) in [6.07, 6.45) is 3.91. The SMILES string of the molecule is C=C/C(Cl)=C(/NC)C(=C)C.Cc1nc(Nc2ncc(C=O)s2)cc(N2CCN(CCO)CC2)n1. The second kappa shape index (κ2) is 13.8. The molecule has 1 aliphatic rings. The van der Waals surface area contributed by atoms with Gasteiger partial charge in [-0.2, -0.15) is 0 Å². The van der Waals surface area contributed by atoms with Gasteiger partial charge >= 0.3 is 0 Å². The number of carbonyl (C=O) groups is 1. The molecule has 2 aromatic rings. The second-order valence-electron chi connectivity index (χ2n) is 7.48. The zero-order valence-electron chi connectivity index (χ0n) is 19.8. The molecule has 9 nitrogen and oxygen atoms in total. The lowest BCUT2D eigenvalue weighted by molar-refractivity contribution is 0.112. The van der Waals surface area contributed by atoms with Gasteiger partial charge in [0.1, 0.15) is 17.5 Å². The van der Waals surface area contributed by atoms with Gasteiger partial charge in [-0.3, -0.25) is 9.69 Å². The number of allylic oxidation sites excluding steroid dienone is 3. The van der Waals surface area contributed by atoms with E-state index in [1.54, 1.807) is 13.1 Å². The van der Waals surface area contributed by atoms with E-state index >= 15 is 0 Å². The Morgan fingerprint density at radius 3 is 2.53 bits per heavy atom. The Hall–Kier alpha value is -2.79. The van der Waals surface area contributed by atoms with Crippen molar-refractivity contribution in [1.29, 1.82) is 0 Å². The lowest BCUT2D eigenvalue weighted by Gasteiger charge is -2.35. The minimum atomic E-state index is 0.192. The molecule has 3 rings (SSSR count). The molecule has 0 bridgehead atoms. The van der Waals surface area contributed by atoms with Crippen molar-refractivity contribution in [2.24, 2.45) is 0 Å². The number of nitrogens with zero attached hydrogens (tertiary/aromatic N) is 5. The fraction of sp³-hybridized carbons (Fsp3) is 0.391. The summed E-state index contributed by atoms with van der Waals surface area (Å²) in [5.41, 5.74) is 1.75. The minimum Gasteiger partial charge on any atom is -0.395 e. The fourth-order valence-corrected chi connectivity index (χ4v) is 4.16. The van der Waals surface area contributed by atoms with E-state index in [2.05, 4.69) is 48.5 Å². The molecule has 3 N–H and O–H groups in total. The van der Waals surface area contributed by atoms with E-state index in [0.29, 0.717) is 33.2 Å². The van der Waals surface area contributed by atoms with Crippen LogP contribution >= 0.6 is 22.9 Å². The lowest BCUT2D eigenvalue weighted by atomic mass is 10.2. The van der Waals surface area contributed by atoms with Crippen molar-refractivity contribution in [2.45, 2.75) is 13.8 Å². The van der Waals surface area contributed by atoms with E-state index in [4.69, 9.17) is 16.7 Å². The first kappa shape index (κ1) is 27.5. The summed E-state index contributed by atoms with van der Waals surface area (Å²) in [6.45, 7) is 15.5. The Kier molecular flexibility index (Phi) is 11.1. The van der Waals surface area contributed by atoms with Crippen LogP contribution in [0, 0.1) is 6.92 Å². The number of likely N-dealkylation sites (N-methyl/N-ethyl adjacent to an activating group) is 1. The molecule has 1 aliphatic heterocycles. The average Bonchev–Trinajstić information content (AvgIpc) is 3.27. The smallest absolute Gasteiger partial charge is 0.188 e. The van der Waals surface area contributed by atoms with Crippen LogP contribution < -0.4 is 15.5 Å². The van der Waals surface area contributed by atoms with E-state index in [0.717, 1.165) is 49.6 Å². The van der Waals surface area contributed by atoms with Gasteiger partial charge in [0.15, 0.2) is 11.4 Å². The summed E-state index contributed by atoms with van der Waals surface area (Å²) in [5.74, 6) is 2.22. The number of aldehydes is 1. The summed E-state index contributed by atoms with van der Waals surface area (Å²) in [7, 11) is 1.80. The molecule has 184 valence electrons. The maximum absolute atomic E-state index is 10.8. The van der Waals surface area contributed by atoms with Crippen LogP contribution in [-0.4, -0.2) is 77.6 Å². The van der Waals surface area contributed by atoms with Crippen molar-refractivity contribution in [3.05, 3.63) is 58.5 Å². The summed E-state index contributed by atoms with van der Waals surface area (Å²) < 4.78 is 0. The van der Waals surface area contributed by atoms with Crippen LogP contribution in [0.2, 0.25) is 0 Å². The molecule has 34 heavy (non-hydrogen) atoms. The van der Waals surface area contributed by atoms with E-state index in [1.165, 1.54) is 17.5 Å². The molecule has 11 heteroatoms. The van der Waals surface area contributed by atoms with Gasteiger partial charge < -0.3 is 20.6 Å². The van der Waals surface area contributed by atoms with E-state index in [9.17, 15) is 4.79 Å². The fourth-order valence-electron chi connectivity index (χ4n) is 3.27. The average molecular weight is 506 g/mol. The topological polar surface area (TPSA) is 107 Å². The molecule has 0 amide bonds. The Balaban J connectivity index is 0.000000347. The third kappa shape index (κ3) is 8.21. The molecule has 2 aromatic heterocycles. The molecular formula is C23H32ClN7O2S. The number of aromatic nitrogens is 3. The first-order valence-corrected chi connectivity index (χ1v) is 12.0. The molecule has 0 aromatic carbocycles. The maximum Gasteiger partial charge on any atom is 0.188 e. The number of hydrogen-bond donors (Lipinski definition) is 3. The molecule has 0 aliphatic carbocycles. The van der Waals surface area contributed by atoms with Crippen molar-refractivity contribution in [3.63, 3.8) is 0 Å². The third-order valence-corrected chi connectivity index (χ3v) is 6.09. The Labute approximate surface area is 209 Å². The highest BCUT2D eigenvalue weighted by molar-refractivity contribution is 7.17. The van der Waals surface area contributed by atoms with Crippen molar-refractivity contribution in [1.82, 2.24) is 25.2 Å². The normalized spacial score (nSPS) is 14.4. The van der Waals surface area contributed by atoms with Crippen molar-refractivity contribution >= 4 is 46.0 Å². The van der Waals surface area contributed by atoms with Crippen LogP contribution in [0.25, 0.3) is 0 Å². The van der Waals surface area contributed by atoms with Gasteiger partial charge in [0.25, 0.3) is 0 Å². The number of β-amino-alcohol motifs (C(OH)–C–C–N with tert-alkyl or cyclic N) is 1. The van der Waals surface area contributed by atoms with Gasteiger partial charge in [-0.15, -0.1) is 0 Å². The van der Waals surface area contributed by atoms with E-state index < -0.39 is 0 Å². The van der Waals surface area contributed by atoms with E-state index in [1.807, 2.05) is 19.9 Å². The van der Waals surface area contributed by atoms with Gasteiger partial charge in [-0.05, 0) is 25.5 Å². The summed E-state index contributed by atoms with van der Waals surface area (Å²) in [5, 5.41) is 16.3. The molecule has 3 heterocycles. The van der Waals surface area contributed by atoms with Crippen LogP contribution in [0.5, 0.6) is 0 Å². The second-order valence-corrected chi connectivity index (χ2v) is 8.95. The van der Waals surface area contributed by atoms with Crippen molar-refractivity contribution in [2.75, 3.05) is 56.6 Å². The summed E-state index contributed by atoms with van der Waals surface area (Å²) in [4.78, 5) is 28.8. The molecule has 0 atom stereocenters. The van der Waals surface area contributed by atoms with Gasteiger partial charge in [0, 0.05) is 45.8 Å². The summed E-state index contributed by atoms with van der Waals surface area (Å²) >= 11 is 7.05. The highest BCUT2D eigenvalue weighted by Crippen LogP contribution is 2.23. The number of halogens is 1. The number of aliphatic hydroxyl groups is 1. The Morgan fingerprint density at radius 2 is 2.03 bits per heavy atom. The Bertz CT molecular complexity index is 1020. The maximum atomic E-state index is 10.8. The number of aliphatic hydroxyl groups excluding tert-OH is 1. The predicted molar refractivity (Wildman–Crippen MR) is 140 cm³/mol. The monoisotopic (exact) mass is 505 g/mol.